The Morgan fingerprint density at radius 3 is 2.42 bits per heavy atom. The Morgan fingerprint density at radius 1 is 1.25 bits per heavy atom. The van der Waals surface area contributed by atoms with Crippen molar-refractivity contribution in [3.8, 4) is 0 Å². The van der Waals surface area contributed by atoms with Crippen LogP contribution in [0.25, 0.3) is 0 Å². The van der Waals surface area contributed by atoms with Crippen LogP contribution in [0.1, 0.15) is 46.0 Å². The summed E-state index contributed by atoms with van der Waals surface area (Å²) >= 11 is 0. The van der Waals surface area contributed by atoms with E-state index in [1.54, 1.807) is 0 Å². The molecular weight excluding hydrogens is 148 g/mol. The first-order valence-corrected chi connectivity index (χ1v) is 5.13. The fourth-order valence-electron chi connectivity index (χ4n) is 1.35. The first kappa shape index (κ1) is 11.9. The van der Waals surface area contributed by atoms with Gasteiger partial charge in [0.05, 0.1) is 0 Å². The molecule has 2 unspecified atom stereocenters. The van der Waals surface area contributed by atoms with Crippen molar-refractivity contribution in [2.45, 2.75) is 58.0 Å². The van der Waals surface area contributed by atoms with Crippen LogP contribution in [0.5, 0.6) is 0 Å². The monoisotopic (exact) mass is 172 g/mol. The van der Waals surface area contributed by atoms with Crippen LogP contribution in [0, 0.1) is 0 Å². The Labute approximate surface area is 76.9 Å². The van der Waals surface area contributed by atoms with Gasteiger partial charge in [0.2, 0.25) is 0 Å². The molecule has 0 aromatic carbocycles. The third-order valence-corrected chi connectivity index (χ3v) is 2.36. The highest BCUT2D eigenvalue weighted by molar-refractivity contribution is 4.63. The second-order valence-corrected chi connectivity index (χ2v) is 3.67. The van der Waals surface area contributed by atoms with Gasteiger partial charge in [-0.15, -0.1) is 0 Å². The molecule has 2 heteroatoms. The first-order chi connectivity index (χ1) is 5.70. The van der Waals surface area contributed by atoms with Gasteiger partial charge in [-0.05, 0) is 33.2 Å². The van der Waals surface area contributed by atoms with Crippen molar-refractivity contribution < 1.29 is 0 Å². The highest BCUT2D eigenvalue weighted by Gasteiger charge is 2.02. The minimum absolute atomic E-state index is 0.430. The van der Waals surface area contributed by atoms with Gasteiger partial charge < -0.3 is 11.1 Å². The third kappa shape index (κ3) is 6.62. The fraction of sp³-hybridized carbons (Fsp3) is 1.00. The van der Waals surface area contributed by atoms with Crippen molar-refractivity contribution in [2.24, 2.45) is 5.73 Å². The Morgan fingerprint density at radius 2 is 1.92 bits per heavy atom. The standard InChI is InChI=1S/C10H24N2/c1-4-6-10(11)8-5-7-9(2)12-3/h9-10,12H,4-8,11H2,1-3H3. The topological polar surface area (TPSA) is 38.0 Å². The predicted octanol–water partition coefficient (Wildman–Crippen LogP) is 1.89. The summed E-state index contributed by atoms with van der Waals surface area (Å²) in [7, 11) is 2.01. The summed E-state index contributed by atoms with van der Waals surface area (Å²) in [5, 5.41) is 3.23. The van der Waals surface area contributed by atoms with E-state index in [9.17, 15) is 0 Å². The summed E-state index contributed by atoms with van der Waals surface area (Å²) in [6.45, 7) is 4.40. The zero-order chi connectivity index (χ0) is 9.40. The summed E-state index contributed by atoms with van der Waals surface area (Å²) in [5.41, 5.74) is 5.89. The van der Waals surface area contributed by atoms with Gasteiger partial charge in [0.25, 0.3) is 0 Å². The minimum atomic E-state index is 0.430. The van der Waals surface area contributed by atoms with E-state index >= 15 is 0 Å². The molecule has 74 valence electrons. The molecule has 0 aliphatic heterocycles. The molecule has 0 amide bonds. The lowest BCUT2D eigenvalue weighted by atomic mass is 10.0. The molecular formula is C10H24N2. The lowest BCUT2D eigenvalue weighted by Gasteiger charge is -2.12. The van der Waals surface area contributed by atoms with Crippen LogP contribution >= 0.6 is 0 Å². The van der Waals surface area contributed by atoms with Crippen molar-refractivity contribution in [3.63, 3.8) is 0 Å². The number of hydrogen-bond acceptors (Lipinski definition) is 2. The van der Waals surface area contributed by atoms with E-state index in [1.807, 2.05) is 7.05 Å². The molecule has 0 saturated carbocycles. The van der Waals surface area contributed by atoms with Gasteiger partial charge in [-0.25, -0.2) is 0 Å². The Hall–Kier alpha value is -0.0800. The third-order valence-electron chi connectivity index (χ3n) is 2.36. The van der Waals surface area contributed by atoms with Gasteiger partial charge in [0.1, 0.15) is 0 Å². The van der Waals surface area contributed by atoms with E-state index in [1.165, 1.54) is 32.1 Å². The highest BCUT2D eigenvalue weighted by atomic mass is 14.8. The zero-order valence-electron chi connectivity index (χ0n) is 8.77. The van der Waals surface area contributed by atoms with Crippen molar-refractivity contribution in [3.05, 3.63) is 0 Å². The molecule has 0 saturated heterocycles. The number of nitrogens with one attached hydrogen (secondary N) is 1. The Balaban J connectivity index is 3.18. The molecule has 0 spiro atoms. The van der Waals surface area contributed by atoms with Crippen LogP contribution in [0.2, 0.25) is 0 Å². The van der Waals surface area contributed by atoms with E-state index < -0.39 is 0 Å². The number of hydrogen-bond donors (Lipinski definition) is 2. The first-order valence-electron chi connectivity index (χ1n) is 5.13. The largest absolute Gasteiger partial charge is 0.328 e. The van der Waals surface area contributed by atoms with Gasteiger partial charge in [0, 0.05) is 12.1 Å². The van der Waals surface area contributed by atoms with Crippen LogP contribution < -0.4 is 11.1 Å². The summed E-state index contributed by atoms with van der Waals surface area (Å²) in [6.07, 6.45) is 6.06. The Bertz CT molecular complexity index is 93.8. The summed E-state index contributed by atoms with van der Waals surface area (Å²) < 4.78 is 0. The maximum atomic E-state index is 5.89. The quantitative estimate of drug-likeness (QED) is 0.615. The molecule has 3 N–H and O–H groups in total. The van der Waals surface area contributed by atoms with E-state index in [4.69, 9.17) is 5.73 Å². The molecule has 0 bridgehead atoms. The van der Waals surface area contributed by atoms with E-state index in [0.717, 1.165) is 0 Å². The molecule has 0 rings (SSSR count). The van der Waals surface area contributed by atoms with E-state index in [2.05, 4.69) is 19.2 Å². The van der Waals surface area contributed by atoms with E-state index in [0.29, 0.717) is 12.1 Å². The van der Waals surface area contributed by atoms with Crippen LogP contribution in [0.3, 0.4) is 0 Å². The molecule has 2 nitrogen and oxygen atoms in total. The predicted molar refractivity (Wildman–Crippen MR) is 55.3 cm³/mol. The van der Waals surface area contributed by atoms with Gasteiger partial charge in [-0.2, -0.15) is 0 Å². The lowest BCUT2D eigenvalue weighted by molar-refractivity contribution is 0.479. The van der Waals surface area contributed by atoms with Crippen LogP contribution in [0.15, 0.2) is 0 Å². The fourth-order valence-corrected chi connectivity index (χ4v) is 1.35. The normalized spacial score (nSPS) is 16.0. The molecule has 0 aliphatic rings. The van der Waals surface area contributed by atoms with Crippen molar-refractivity contribution in [1.82, 2.24) is 5.32 Å². The average molecular weight is 172 g/mol. The lowest BCUT2D eigenvalue weighted by Crippen LogP contribution is -2.23. The van der Waals surface area contributed by atoms with Crippen molar-refractivity contribution in [1.29, 1.82) is 0 Å². The van der Waals surface area contributed by atoms with E-state index in [-0.39, 0.29) is 0 Å². The van der Waals surface area contributed by atoms with Gasteiger partial charge in [-0.1, -0.05) is 19.8 Å². The molecule has 0 aromatic heterocycles. The number of nitrogens with two attached hydrogens (primary N) is 1. The van der Waals surface area contributed by atoms with Crippen molar-refractivity contribution in [2.75, 3.05) is 7.05 Å². The second-order valence-electron chi connectivity index (χ2n) is 3.67. The smallest absolute Gasteiger partial charge is 0.00387 e. The van der Waals surface area contributed by atoms with Gasteiger partial charge in [-0.3, -0.25) is 0 Å². The number of rotatable bonds is 7. The van der Waals surface area contributed by atoms with Crippen LogP contribution in [0.4, 0.5) is 0 Å². The van der Waals surface area contributed by atoms with Crippen molar-refractivity contribution >= 4 is 0 Å². The molecule has 12 heavy (non-hydrogen) atoms. The van der Waals surface area contributed by atoms with Crippen LogP contribution in [-0.4, -0.2) is 19.1 Å². The molecule has 0 aliphatic carbocycles. The minimum Gasteiger partial charge on any atom is -0.328 e. The molecule has 0 heterocycles. The maximum absolute atomic E-state index is 5.89. The molecule has 0 radical (unpaired) electrons. The second kappa shape index (κ2) is 7.56. The summed E-state index contributed by atoms with van der Waals surface area (Å²) in [4.78, 5) is 0. The maximum Gasteiger partial charge on any atom is 0.00387 e. The summed E-state index contributed by atoms with van der Waals surface area (Å²) in [6, 6.07) is 1.07. The SMILES string of the molecule is CCCC(N)CCCC(C)NC. The van der Waals surface area contributed by atoms with Crippen LogP contribution in [-0.2, 0) is 0 Å². The zero-order valence-corrected chi connectivity index (χ0v) is 8.77. The highest BCUT2D eigenvalue weighted by Crippen LogP contribution is 2.06. The molecule has 0 fully saturated rings. The summed E-state index contributed by atoms with van der Waals surface area (Å²) in [5.74, 6) is 0. The average Bonchev–Trinajstić information content (AvgIpc) is 2.04. The van der Waals surface area contributed by atoms with Gasteiger partial charge >= 0.3 is 0 Å². The molecule has 0 aromatic rings. The molecule has 2 atom stereocenters. The Kier molecular flexibility index (Phi) is 7.51. The van der Waals surface area contributed by atoms with Gasteiger partial charge in [0.15, 0.2) is 0 Å².